The molecule has 0 spiro atoms. The van der Waals surface area contributed by atoms with Crippen LogP contribution in [0.3, 0.4) is 0 Å². The number of anilines is 2. The lowest BCUT2D eigenvalue weighted by molar-refractivity contribution is 0.0745. The molecule has 150 valence electrons. The van der Waals surface area contributed by atoms with Crippen LogP contribution < -0.4 is 9.80 Å². The number of morpholine rings is 1. The van der Waals surface area contributed by atoms with Crippen LogP contribution in [0.4, 0.5) is 11.6 Å². The first-order valence-electron chi connectivity index (χ1n) is 9.74. The molecule has 2 aromatic rings. The molecule has 4 heterocycles. The lowest BCUT2D eigenvalue weighted by atomic mass is 10.1. The molecule has 0 aromatic carbocycles. The minimum atomic E-state index is 0.0689. The van der Waals surface area contributed by atoms with E-state index < -0.39 is 0 Å². The normalized spacial score (nSPS) is 17.9. The molecule has 2 fully saturated rings. The number of aromatic nitrogens is 4. The Bertz CT molecular complexity index is 852. The highest BCUT2D eigenvalue weighted by molar-refractivity contribution is 5.96. The Morgan fingerprint density at radius 1 is 0.964 bits per heavy atom. The third kappa shape index (κ3) is 3.54. The van der Waals surface area contributed by atoms with Gasteiger partial charge in [-0.25, -0.2) is 9.97 Å². The van der Waals surface area contributed by atoms with Crippen LogP contribution in [0.25, 0.3) is 0 Å². The number of hydrogen-bond acceptors (Lipinski definition) is 7. The van der Waals surface area contributed by atoms with Crippen molar-refractivity contribution in [3.63, 3.8) is 0 Å². The van der Waals surface area contributed by atoms with Crippen molar-refractivity contribution >= 4 is 17.5 Å². The van der Waals surface area contributed by atoms with Gasteiger partial charge in [-0.05, 0) is 13.8 Å². The van der Waals surface area contributed by atoms with Gasteiger partial charge in [0.05, 0.1) is 24.5 Å². The van der Waals surface area contributed by atoms with E-state index in [0.29, 0.717) is 13.1 Å². The molecule has 2 aliphatic heterocycles. The minimum Gasteiger partial charge on any atom is -0.378 e. The lowest BCUT2D eigenvalue weighted by Crippen LogP contribution is -2.49. The molecule has 1 amide bonds. The summed E-state index contributed by atoms with van der Waals surface area (Å²) in [5.41, 5.74) is 2.43. The monoisotopic (exact) mass is 385 g/mol. The summed E-state index contributed by atoms with van der Waals surface area (Å²) in [6, 6.07) is 2.04. The Balaban J connectivity index is 1.42. The molecule has 9 heteroatoms. The number of carbonyl (C=O) groups excluding carboxylic acids is 1. The highest BCUT2D eigenvalue weighted by Gasteiger charge is 2.27. The van der Waals surface area contributed by atoms with Crippen LogP contribution in [0.2, 0.25) is 0 Å². The maximum Gasteiger partial charge on any atom is 0.257 e. The Hall–Kier alpha value is -2.68. The number of ether oxygens (including phenoxy) is 1. The fourth-order valence-electron chi connectivity index (χ4n) is 3.86. The van der Waals surface area contributed by atoms with E-state index >= 15 is 0 Å². The van der Waals surface area contributed by atoms with Crippen molar-refractivity contribution in [2.75, 3.05) is 62.3 Å². The predicted octanol–water partition coefficient (Wildman–Crippen LogP) is 0.626. The third-order valence-electron chi connectivity index (χ3n) is 5.59. The molecule has 0 bridgehead atoms. The summed E-state index contributed by atoms with van der Waals surface area (Å²) in [5, 5.41) is 4.37. The maximum absolute atomic E-state index is 13.0. The summed E-state index contributed by atoms with van der Waals surface area (Å²) >= 11 is 0. The van der Waals surface area contributed by atoms with Gasteiger partial charge in [-0.15, -0.1) is 0 Å². The molecule has 28 heavy (non-hydrogen) atoms. The molecular formula is C19H27N7O2. The van der Waals surface area contributed by atoms with Gasteiger partial charge >= 0.3 is 0 Å². The first-order chi connectivity index (χ1) is 13.5. The molecule has 9 nitrogen and oxygen atoms in total. The molecule has 0 aliphatic carbocycles. The largest absolute Gasteiger partial charge is 0.378 e. The number of rotatable bonds is 3. The van der Waals surface area contributed by atoms with Crippen LogP contribution in [0.5, 0.6) is 0 Å². The molecule has 0 radical (unpaired) electrons. The van der Waals surface area contributed by atoms with Gasteiger partial charge in [-0.2, -0.15) is 5.10 Å². The van der Waals surface area contributed by atoms with E-state index in [9.17, 15) is 4.79 Å². The number of nitrogens with zero attached hydrogens (tertiary/aromatic N) is 7. The topological polar surface area (TPSA) is 79.6 Å². The number of aryl methyl sites for hydroxylation is 2. The highest BCUT2D eigenvalue weighted by atomic mass is 16.5. The van der Waals surface area contributed by atoms with Crippen molar-refractivity contribution < 1.29 is 9.53 Å². The SMILES string of the molecule is Cc1nn(C)c(C)c1C(=O)N1CCN(c2cc(N3CCOCC3)ncn2)CC1. The Kier molecular flexibility index (Phi) is 5.17. The second kappa shape index (κ2) is 7.75. The fraction of sp³-hybridized carbons (Fsp3) is 0.579. The number of amides is 1. The Labute approximate surface area is 164 Å². The molecule has 2 aromatic heterocycles. The predicted molar refractivity (Wildman–Crippen MR) is 106 cm³/mol. The zero-order valence-electron chi connectivity index (χ0n) is 16.8. The van der Waals surface area contributed by atoms with E-state index in [1.165, 1.54) is 0 Å². The smallest absolute Gasteiger partial charge is 0.257 e. The Morgan fingerprint density at radius 3 is 2.14 bits per heavy atom. The van der Waals surface area contributed by atoms with Crippen molar-refractivity contribution in [2.24, 2.45) is 7.05 Å². The van der Waals surface area contributed by atoms with Gasteiger partial charge in [0.25, 0.3) is 5.91 Å². The summed E-state index contributed by atoms with van der Waals surface area (Å²) in [4.78, 5) is 28.2. The average molecular weight is 385 g/mol. The van der Waals surface area contributed by atoms with Crippen molar-refractivity contribution in [1.29, 1.82) is 0 Å². The molecule has 2 aliphatic rings. The maximum atomic E-state index is 13.0. The first-order valence-corrected chi connectivity index (χ1v) is 9.74. The number of carbonyl (C=O) groups is 1. The van der Waals surface area contributed by atoms with Crippen LogP contribution in [0, 0.1) is 13.8 Å². The quantitative estimate of drug-likeness (QED) is 0.766. The second-order valence-electron chi connectivity index (χ2n) is 7.28. The van der Waals surface area contributed by atoms with Gasteiger partial charge in [0.2, 0.25) is 0 Å². The van der Waals surface area contributed by atoms with Crippen LogP contribution in [0.15, 0.2) is 12.4 Å². The Morgan fingerprint density at radius 2 is 1.57 bits per heavy atom. The van der Waals surface area contributed by atoms with Crippen LogP contribution in [0.1, 0.15) is 21.7 Å². The summed E-state index contributed by atoms with van der Waals surface area (Å²) in [6.07, 6.45) is 1.63. The van der Waals surface area contributed by atoms with E-state index in [-0.39, 0.29) is 5.91 Å². The van der Waals surface area contributed by atoms with Gasteiger partial charge in [-0.1, -0.05) is 0 Å². The molecule has 0 N–H and O–H groups in total. The van der Waals surface area contributed by atoms with Crippen LogP contribution in [-0.2, 0) is 11.8 Å². The molecule has 2 saturated heterocycles. The van der Waals surface area contributed by atoms with Crippen molar-refractivity contribution in [1.82, 2.24) is 24.6 Å². The van der Waals surface area contributed by atoms with Gasteiger partial charge < -0.3 is 19.4 Å². The lowest BCUT2D eigenvalue weighted by Gasteiger charge is -2.36. The molecule has 0 saturated carbocycles. The van der Waals surface area contributed by atoms with Gasteiger partial charge in [0, 0.05) is 58.1 Å². The van der Waals surface area contributed by atoms with E-state index in [1.807, 2.05) is 31.9 Å². The fourth-order valence-corrected chi connectivity index (χ4v) is 3.86. The highest BCUT2D eigenvalue weighted by Crippen LogP contribution is 2.21. The van der Waals surface area contributed by atoms with Gasteiger partial charge in [0.15, 0.2) is 0 Å². The second-order valence-corrected chi connectivity index (χ2v) is 7.28. The van der Waals surface area contributed by atoms with Gasteiger partial charge in [0.1, 0.15) is 18.0 Å². The van der Waals surface area contributed by atoms with Crippen molar-refractivity contribution in [3.8, 4) is 0 Å². The summed E-state index contributed by atoms with van der Waals surface area (Å²) in [7, 11) is 1.87. The average Bonchev–Trinajstić information content (AvgIpc) is 3.00. The summed E-state index contributed by atoms with van der Waals surface area (Å²) in [6.45, 7) is 9.84. The summed E-state index contributed by atoms with van der Waals surface area (Å²) in [5.74, 6) is 1.92. The third-order valence-corrected chi connectivity index (χ3v) is 5.59. The van der Waals surface area contributed by atoms with Crippen molar-refractivity contribution in [2.45, 2.75) is 13.8 Å². The number of hydrogen-bond donors (Lipinski definition) is 0. The minimum absolute atomic E-state index is 0.0689. The zero-order valence-corrected chi connectivity index (χ0v) is 16.8. The zero-order chi connectivity index (χ0) is 19.7. The number of piperazine rings is 1. The van der Waals surface area contributed by atoms with E-state index in [4.69, 9.17) is 4.74 Å². The first kappa shape index (κ1) is 18.7. The van der Waals surface area contributed by atoms with E-state index in [1.54, 1.807) is 11.0 Å². The van der Waals surface area contributed by atoms with E-state index in [0.717, 1.165) is 68.0 Å². The molecule has 0 unspecified atom stereocenters. The summed E-state index contributed by atoms with van der Waals surface area (Å²) < 4.78 is 7.19. The van der Waals surface area contributed by atoms with Gasteiger partial charge in [-0.3, -0.25) is 9.48 Å². The van der Waals surface area contributed by atoms with Crippen LogP contribution >= 0.6 is 0 Å². The van der Waals surface area contributed by atoms with Crippen LogP contribution in [-0.4, -0.2) is 83.0 Å². The van der Waals surface area contributed by atoms with E-state index in [2.05, 4.69) is 24.9 Å². The standard InChI is InChI=1S/C19H27N7O2/c1-14-18(15(2)23(3)22-14)19(27)26-6-4-24(5-7-26)16-12-17(21-13-20-16)25-8-10-28-11-9-25/h12-13H,4-11H2,1-3H3. The molecule has 4 rings (SSSR count). The molecule has 0 atom stereocenters. The van der Waals surface area contributed by atoms with Crippen molar-refractivity contribution in [3.05, 3.63) is 29.3 Å². The molecular weight excluding hydrogens is 358 g/mol.